The molecule has 7 heteroatoms. The molecule has 0 spiro atoms. The third-order valence-corrected chi connectivity index (χ3v) is 3.25. The number of carboxylic acids is 1. The van der Waals surface area contributed by atoms with Crippen LogP contribution in [0.2, 0.25) is 0 Å². The van der Waals surface area contributed by atoms with Crippen LogP contribution in [0.25, 0.3) is 6.08 Å². The first-order valence-electron chi connectivity index (χ1n) is 7.08. The minimum Gasteiger partial charge on any atom is -1.00 e. The second-order valence-electron chi connectivity index (χ2n) is 4.79. The largest absolute Gasteiger partial charge is 1.00 e. The van der Waals surface area contributed by atoms with E-state index in [4.69, 9.17) is 14.6 Å². The number of methoxy groups -OCH3 is 2. The van der Waals surface area contributed by atoms with Crippen molar-refractivity contribution in [1.82, 2.24) is 0 Å². The molecule has 25 heavy (non-hydrogen) atoms. The van der Waals surface area contributed by atoms with Gasteiger partial charge in [-0.15, -0.1) is 0 Å². The number of aromatic carboxylic acids is 1. The van der Waals surface area contributed by atoms with Crippen molar-refractivity contribution in [3.8, 4) is 11.5 Å². The third kappa shape index (κ3) is 5.98. The average molecular weight is 367 g/mol. The van der Waals surface area contributed by atoms with Crippen LogP contribution in [0.3, 0.4) is 0 Å². The number of ether oxygens (including phenoxy) is 2. The standard InChI is InChI=1S/C18H17NO5.K.H/c1-23-15-9-7-12(11-16(15)24-2)8-10-17(20)19-14-6-4-3-5-13(14)18(21)22;;/h3-11H,1-2H3,(H,19,20)(H,21,22);;/q;+1;-1/b10-8+;;. The summed E-state index contributed by atoms with van der Waals surface area (Å²) in [6.07, 6.45) is 2.92. The number of hydrogen-bond acceptors (Lipinski definition) is 4. The Morgan fingerprint density at radius 2 is 1.76 bits per heavy atom. The maximum absolute atomic E-state index is 12.0. The van der Waals surface area contributed by atoms with E-state index in [-0.39, 0.29) is 64.1 Å². The third-order valence-electron chi connectivity index (χ3n) is 3.25. The minimum absolute atomic E-state index is 0. The Balaban J connectivity index is 0.00000312. The van der Waals surface area contributed by atoms with Crippen molar-refractivity contribution in [2.24, 2.45) is 0 Å². The van der Waals surface area contributed by atoms with Crippen LogP contribution in [0.1, 0.15) is 17.3 Å². The molecule has 0 radical (unpaired) electrons. The fourth-order valence-corrected chi connectivity index (χ4v) is 2.08. The molecule has 126 valence electrons. The molecule has 0 aliphatic heterocycles. The van der Waals surface area contributed by atoms with Gasteiger partial charge < -0.3 is 21.3 Å². The maximum Gasteiger partial charge on any atom is 1.00 e. The Bertz CT molecular complexity index is 795. The molecule has 2 rings (SSSR count). The molecule has 0 fully saturated rings. The van der Waals surface area contributed by atoms with Gasteiger partial charge in [0.1, 0.15) is 0 Å². The first-order valence-corrected chi connectivity index (χ1v) is 7.08. The summed E-state index contributed by atoms with van der Waals surface area (Å²) >= 11 is 0. The number of para-hydroxylation sites is 1. The molecule has 1 amide bonds. The normalized spacial score (nSPS) is 10.0. The van der Waals surface area contributed by atoms with E-state index < -0.39 is 11.9 Å². The number of carbonyl (C=O) groups is 2. The zero-order valence-electron chi connectivity index (χ0n) is 15.3. The van der Waals surface area contributed by atoms with Gasteiger partial charge in [0, 0.05) is 6.08 Å². The maximum atomic E-state index is 12.0. The van der Waals surface area contributed by atoms with Gasteiger partial charge in [0.25, 0.3) is 0 Å². The van der Waals surface area contributed by atoms with Crippen molar-refractivity contribution in [2.45, 2.75) is 0 Å². The Hall–Kier alpha value is -1.64. The molecule has 0 aliphatic carbocycles. The summed E-state index contributed by atoms with van der Waals surface area (Å²) in [7, 11) is 3.07. The average Bonchev–Trinajstić information content (AvgIpc) is 2.59. The van der Waals surface area contributed by atoms with E-state index in [1.165, 1.54) is 25.3 Å². The van der Waals surface area contributed by atoms with Crippen LogP contribution in [-0.4, -0.2) is 31.2 Å². The zero-order chi connectivity index (χ0) is 17.5. The summed E-state index contributed by atoms with van der Waals surface area (Å²) in [6, 6.07) is 11.4. The smallest absolute Gasteiger partial charge is 1.00 e. The van der Waals surface area contributed by atoms with Gasteiger partial charge in [-0.05, 0) is 35.9 Å². The van der Waals surface area contributed by atoms with Gasteiger partial charge in [-0.3, -0.25) is 4.79 Å². The first kappa shape index (κ1) is 21.4. The van der Waals surface area contributed by atoms with Crippen LogP contribution in [0.15, 0.2) is 48.5 Å². The predicted octanol–water partition coefficient (Wildman–Crippen LogP) is 0.170. The Morgan fingerprint density at radius 1 is 1.08 bits per heavy atom. The predicted molar refractivity (Wildman–Crippen MR) is 91.7 cm³/mol. The van der Waals surface area contributed by atoms with Crippen molar-refractivity contribution >= 4 is 23.6 Å². The van der Waals surface area contributed by atoms with Crippen molar-refractivity contribution in [3.63, 3.8) is 0 Å². The number of nitrogens with one attached hydrogen (secondary N) is 1. The van der Waals surface area contributed by atoms with Crippen LogP contribution in [-0.2, 0) is 4.79 Å². The van der Waals surface area contributed by atoms with Gasteiger partial charge in [-0.25, -0.2) is 4.79 Å². The summed E-state index contributed by atoms with van der Waals surface area (Å²) in [6.45, 7) is 0. The summed E-state index contributed by atoms with van der Waals surface area (Å²) in [5.41, 5.74) is 1.02. The second kappa shape index (κ2) is 10.4. The molecule has 0 atom stereocenters. The quantitative estimate of drug-likeness (QED) is 0.562. The summed E-state index contributed by atoms with van der Waals surface area (Å²) < 4.78 is 10.3. The minimum atomic E-state index is -1.10. The van der Waals surface area contributed by atoms with E-state index in [2.05, 4.69) is 5.32 Å². The van der Waals surface area contributed by atoms with Crippen molar-refractivity contribution in [3.05, 3.63) is 59.7 Å². The second-order valence-corrected chi connectivity index (χ2v) is 4.79. The van der Waals surface area contributed by atoms with Gasteiger partial charge in [0.15, 0.2) is 11.5 Å². The van der Waals surface area contributed by atoms with Crippen molar-refractivity contribution < 1.29 is 77.0 Å². The molecule has 2 aromatic rings. The van der Waals surface area contributed by atoms with Crippen LogP contribution in [0, 0.1) is 0 Å². The van der Waals surface area contributed by atoms with E-state index in [1.807, 2.05) is 0 Å². The van der Waals surface area contributed by atoms with Crippen LogP contribution < -0.4 is 66.2 Å². The number of anilines is 1. The summed E-state index contributed by atoms with van der Waals surface area (Å²) in [5, 5.41) is 11.6. The van der Waals surface area contributed by atoms with E-state index in [9.17, 15) is 9.59 Å². The SMILES string of the molecule is COc1ccc(/C=C/C(=O)Nc2ccccc2C(=O)O)cc1OC.[H-].[K+]. The summed E-state index contributed by atoms with van der Waals surface area (Å²) in [5.74, 6) is -0.390. The van der Waals surface area contributed by atoms with Gasteiger partial charge in [0.2, 0.25) is 5.91 Å². The molecule has 2 N–H and O–H groups in total. The van der Waals surface area contributed by atoms with Gasteiger partial charge in [-0.1, -0.05) is 18.2 Å². The van der Waals surface area contributed by atoms with Crippen molar-refractivity contribution in [1.29, 1.82) is 0 Å². The molecular weight excluding hydrogens is 349 g/mol. The molecule has 0 aromatic heterocycles. The number of carboxylic acid groups (broad SMARTS) is 1. The zero-order valence-corrected chi connectivity index (χ0v) is 17.4. The van der Waals surface area contributed by atoms with E-state index in [0.29, 0.717) is 11.5 Å². The monoisotopic (exact) mass is 367 g/mol. The molecule has 0 unspecified atom stereocenters. The van der Waals surface area contributed by atoms with E-state index >= 15 is 0 Å². The molecule has 0 heterocycles. The van der Waals surface area contributed by atoms with Crippen LogP contribution in [0.5, 0.6) is 11.5 Å². The number of hydrogen-bond donors (Lipinski definition) is 2. The van der Waals surface area contributed by atoms with Crippen molar-refractivity contribution in [2.75, 3.05) is 19.5 Å². The Morgan fingerprint density at radius 3 is 2.40 bits per heavy atom. The fourth-order valence-electron chi connectivity index (χ4n) is 2.08. The van der Waals surface area contributed by atoms with Crippen LogP contribution in [0.4, 0.5) is 5.69 Å². The van der Waals surface area contributed by atoms with Gasteiger partial charge >= 0.3 is 57.4 Å². The molecule has 0 saturated carbocycles. The van der Waals surface area contributed by atoms with E-state index in [1.54, 1.807) is 43.5 Å². The van der Waals surface area contributed by atoms with Gasteiger partial charge in [-0.2, -0.15) is 0 Å². The number of carbonyl (C=O) groups excluding carboxylic acids is 1. The Labute approximate surface area is 189 Å². The topological polar surface area (TPSA) is 84.9 Å². The Kier molecular flexibility index (Phi) is 8.88. The number of benzene rings is 2. The fraction of sp³-hybridized carbons (Fsp3) is 0.111. The molecule has 0 saturated heterocycles. The molecule has 0 aliphatic rings. The number of rotatable bonds is 6. The molecule has 2 aromatic carbocycles. The molecular formula is C18H18KNO5. The number of amides is 1. The van der Waals surface area contributed by atoms with Gasteiger partial charge in [0.05, 0.1) is 25.5 Å². The molecule has 6 nitrogen and oxygen atoms in total. The summed E-state index contributed by atoms with van der Waals surface area (Å²) in [4.78, 5) is 23.1. The van der Waals surface area contributed by atoms with E-state index in [0.717, 1.165) is 5.56 Å². The first-order chi connectivity index (χ1) is 11.5. The molecule has 0 bridgehead atoms. The van der Waals surface area contributed by atoms with Crippen LogP contribution >= 0.6 is 0 Å².